The number of benzene rings is 1. The fraction of sp³-hybridized carbons (Fsp3) is 0.625. The van der Waals surface area contributed by atoms with Crippen molar-refractivity contribution in [1.82, 2.24) is 10.2 Å². The van der Waals surface area contributed by atoms with Gasteiger partial charge in [0, 0.05) is 24.2 Å². The van der Waals surface area contributed by atoms with Gasteiger partial charge in [-0.3, -0.25) is 0 Å². The van der Waals surface area contributed by atoms with Crippen molar-refractivity contribution in [3.63, 3.8) is 0 Å². The number of nitrogens with zero attached hydrogens (tertiary/aromatic N) is 1. The molecule has 0 radical (unpaired) electrons. The van der Waals surface area contributed by atoms with Crippen LogP contribution in [0.25, 0.3) is 0 Å². The third kappa shape index (κ3) is 3.71. The summed E-state index contributed by atoms with van der Waals surface area (Å²) < 4.78 is 5.45. The molecule has 0 saturated carbocycles. The summed E-state index contributed by atoms with van der Waals surface area (Å²) in [5.74, 6) is 0.977. The Bertz CT molecular complexity index is 394. The van der Waals surface area contributed by atoms with E-state index in [0.717, 1.165) is 18.8 Å². The van der Waals surface area contributed by atoms with Crippen LogP contribution in [-0.4, -0.2) is 37.7 Å². The Hall–Kier alpha value is -1.06. The highest BCUT2D eigenvalue weighted by Gasteiger charge is 2.21. The maximum Gasteiger partial charge on any atom is 0.123 e. The van der Waals surface area contributed by atoms with Crippen molar-refractivity contribution in [1.29, 1.82) is 0 Å². The number of rotatable bonds is 5. The third-order valence-electron chi connectivity index (χ3n) is 4.04. The molecule has 3 nitrogen and oxygen atoms in total. The van der Waals surface area contributed by atoms with Gasteiger partial charge in [-0.15, -0.1) is 0 Å². The first-order valence-electron chi connectivity index (χ1n) is 7.36. The smallest absolute Gasteiger partial charge is 0.123 e. The average Bonchev–Trinajstić information content (AvgIpc) is 2.47. The van der Waals surface area contributed by atoms with Crippen LogP contribution < -0.4 is 10.1 Å². The molecule has 1 aromatic rings. The summed E-state index contributed by atoms with van der Waals surface area (Å²) >= 11 is 0. The number of nitrogens with one attached hydrogen (secondary N) is 1. The molecule has 2 atom stereocenters. The van der Waals surface area contributed by atoms with E-state index >= 15 is 0 Å². The van der Waals surface area contributed by atoms with Crippen LogP contribution in [0.2, 0.25) is 0 Å². The molecule has 1 N–H and O–H groups in total. The summed E-state index contributed by atoms with van der Waals surface area (Å²) in [6, 6.07) is 9.21. The largest absolute Gasteiger partial charge is 0.496 e. The van der Waals surface area contributed by atoms with Crippen LogP contribution in [0.3, 0.4) is 0 Å². The van der Waals surface area contributed by atoms with Gasteiger partial charge in [-0.2, -0.15) is 0 Å². The molecule has 0 amide bonds. The molecule has 0 spiro atoms. The Morgan fingerprint density at radius 2 is 2.21 bits per heavy atom. The molecular weight excluding hydrogens is 236 g/mol. The molecule has 19 heavy (non-hydrogen) atoms. The van der Waals surface area contributed by atoms with Crippen molar-refractivity contribution >= 4 is 0 Å². The summed E-state index contributed by atoms with van der Waals surface area (Å²) in [5.41, 5.74) is 1.25. The fourth-order valence-corrected chi connectivity index (χ4v) is 2.95. The summed E-state index contributed by atoms with van der Waals surface area (Å²) in [6.45, 7) is 8.03. The second kappa shape index (κ2) is 6.92. The van der Waals surface area contributed by atoms with E-state index in [1.54, 1.807) is 7.11 Å². The Kier molecular flexibility index (Phi) is 5.23. The monoisotopic (exact) mass is 262 g/mol. The number of methoxy groups -OCH3 is 1. The van der Waals surface area contributed by atoms with Crippen LogP contribution >= 0.6 is 0 Å². The van der Waals surface area contributed by atoms with E-state index in [1.165, 1.54) is 24.9 Å². The number of para-hydroxylation sites is 1. The zero-order valence-corrected chi connectivity index (χ0v) is 12.4. The van der Waals surface area contributed by atoms with Gasteiger partial charge in [-0.25, -0.2) is 0 Å². The van der Waals surface area contributed by atoms with E-state index in [2.05, 4.69) is 36.2 Å². The predicted molar refractivity (Wildman–Crippen MR) is 79.7 cm³/mol. The number of ether oxygens (including phenoxy) is 1. The van der Waals surface area contributed by atoms with E-state index in [1.807, 2.05) is 12.1 Å². The Labute approximate surface area is 116 Å². The van der Waals surface area contributed by atoms with Crippen LogP contribution in [0.5, 0.6) is 5.75 Å². The summed E-state index contributed by atoms with van der Waals surface area (Å²) in [5, 5.41) is 3.75. The first-order valence-corrected chi connectivity index (χ1v) is 7.36. The van der Waals surface area contributed by atoms with Crippen LogP contribution in [0, 0.1) is 0 Å². The highest BCUT2D eigenvalue weighted by Crippen LogP contribution is 2.25. The third-order valence-corrected chi connectivity index (χ3v) is 4.04. The first-order chi connectivity index (χ1) is 9.24. The van der Waals surface area contributed by atoms with Crippen molar-refractivity contribution in [2.24, 2.45) is 0 Å². The number of hydrogen-bond acceptors (Lipinski definition) is 3. The molecule has 2 rings (SSSR count). The van der Waals surface area contributed by atoms with Gasteiger partial charge in [0.1, 0.15) is 5.75 Å². The lowest BCUT2D eigenvalue weighted by Gasteiger charge is -2.34. The molecular formula is C16H26N2O. The molecule has 1 aromatic carbocycles. The van der Waals surface area contributed by atoms with Crippen LogP contribution in [0.4, 0.5) is 0 Å². The van der Waals surface area contributed by atoms with Gasteiger partial charge in [0.25, 0.3) is 0 Å². The fourth-order valence-electron chi connectivity index (χ4n) is 2.95. The maximum absolute atomic E-state index is 5.45. The highest BCUT2D eigenvalue weighted by atomic mass is 16.5. The highest BCUT2D eigenvalue weighted by molar-refractivity contribution is 5.35. The Morgan fingerprint density at radius 3 is 2.95 bits per heavy atom. The van der Waals surface area contributed by atoms with Crippen molar-refractivity contribution in [3.8, 4) is 5.75 Å². The molecule has 1 aliphatic rings. The molecule has 3 heteroatoms. The van der Waals surface area contributed by atoms with Crippen LogP contribution in [0.15, 0.2) is 24.3 Å². The van der Waals surface area contributed by atoms with Gasteiger partial charge in [-0.05, 0) is 38.9 Å². The minimum atomic E-state index is 0.331. The molecule has 1 aliphatic heterocycles. The number of piperidine rings is 1. The number of likely N-dealkylation sites (tertiary alicyclic amines) is 1. The van der Waals surface area contributed by atoms with Gasteiger partial charge in [0.2, 0.25) is 0 Å². The molecule has 2 unspecified atom stereocenters. The van der Waals surface area contributed by atoms with Gasteiger partial charge in [-0.1, -0.05) is 25.1 Å². The van der Waals surface area contributed by atoms with Crippen molar-refractivity contribution < 1.29 is 4.74 Å². The Balaban J connectivity index is 1.98. The summed E-state index contributed by atoms with van der Waals surface area (Å²) in [4.78, 5) is 2.52. The summed E-state index contributed by atoms with van der Waals surface area (Å²) in [6.07, 6.45) is 2.57. The van der Waals surface area contributed by atoms with Crippen LogP contribution in [-0.2, 0) is 0 Å². The lowest BCUT2D eigenvalue weighted by molar-refractivity contribution is 0.191. The van der Waals surface area contributed by atoms with Gasteiger partial charge >= 0.3 is 0 Å². The predicted octanol–water partition coefficient (Wildman–Crippen LogP) is 2.83. The number of hydrogen-bond donors (Lipinski definition) is 1. The summed E-state index contributed by atoms with van der Waals surface area (Å²) in [7, 11) is 1.74. The molecule has 1 heterocycles. The van der Waals surface area contributed by atoms with E-state index in [9.17, 15) is 0 Å². The minimum absolute atomic E-state index is 0.331. The maximum atomic E-state index is 5.45. The van der Waals surface area contributed by atoms with Crippen molar-refractivity contribution in [2.45, 2.75) is 38.8 Å². The first kappa shape index (κ1) is 14.4. The minimum Gasteiger partial charge on any atom is -0.496 e. The number of likely N-dealkylation sites (N-methyl/N-ethyl adjacent to an activating group) is 1. The average molecular weight is 262 g/mol. The molecule has 1 saturated heterocycles. The quantitative estimate of drug-likeness (QED) is 0.883. The van der Waals surface area contributed by atoms with Gasteiger partial charge in [0.05, 0.1) is 7.11 Å². The van der Waals surface area contributed by atoms with E-state index < -0.39 is 0 Å². The standard InChI is InChI=1S/C16H26N2O/c1-4-18-11-7-8-14(12-18)17-13(2)15-9-5-6-10-16(15)19-3/h5-6,9-10,13-14,17H,4,7-8,11-12H2,1-3H3. The van der Waals surface area contributed by atoms with Crippen molar-refractivity contribution in [2.75, 3.05) is 26.7 Å². The van der Waals surface area contributed by atoms with Crippen molar-refractivity contribution in [3.05, 3.63) is 29.8 Å². The lowest BCUT2D eigenvalue weighted by atomic mass is 10.0. The van der Waals surface area contributed by atoms with Gasteiger partial charge < -0.3 is 15.0 Å². The molecule has 106 valence electrons. The molecule has 1 fully saturated rings. The Morgan fingerprint density at radius 1 is 1.42 bits per heavy atom. The second-order valence-electron chi connectivity index (χ2n) is 5.36. The SMILES string of the molecule is CCN1CCCC(NC(C)c2ccccc2OC)C1. The topological polar surface area (TPSA) is 24.5 Å². The van der Waals surface area contributed by atoms with Crippen LogP contribution in [0.1, 0.15) is 38.3 Å². The lowest BCUT2D eigenvalue weighted by Crippen LogP contribution is -2.46. The van der Waals surface area contributed by atoms with E-state index in [0.29, 0.717) is 12.1 Å². The second-order valence-corrected chi connectivity index (χ2v) is 5.36. The molecule has 0 bridgehead atoms. The van der Waals surface area contributed by atoms with E-state index in [-0.39, 0.29) is 0 Å². The van der Waals surface area contributed by atoms with Gasteiger partial charge in [0.15, 0.2) is 0 Å². The van der Waals surface area contributed by atoms with E-state index in [4.69, 9.17) is 4.74 Å². The molecule has 0 aromatic heterocycles. The zero-order valence-electron chi connectivity index (χ0n) is 12.4. The molecule has 0 aliphatic carbocycles. The normalized spacial score (nSPS) is 22.2. The zero-order chi connectivity index (χ0) is 13.7.